The van der Waals surface area contributed by atoms with E-state index in [1.807, 2.05) is 37.3 Å². The van der Waals surface area contributed by atoms with E-state index in [4.69, 9.17) is 16.3 Å². The third-order valence-corrected chi connectivity index (χ3v) is 3.36. The Morgan fingerprint density at radius 1 is 1.25 bits per heavy atom. The fourth-order valence-electron chi connectivity index (χ4n) is 1.61. The molecule has 0 fully saturated rings. The topological polar surface area (TPSA) is 26.3 Å². The lowest BCUT2D eigenvalue weighted by atomic mass is 10.2. The van der Waals surface area contributed by atoms with Gasteiger partial charge < -0.3 is 4.74 Å². The van der Waals surface area contributed by atoms with Crippen molar-refractivity contribution in [2.45, 2.75) is 6.92 Å². The van der Waals surface area contributed by atoms with Crippen molar-refractivity contribution in [3.63, 3.8) is 0 Å². The number of carbonyl (C=O) groups excluding carboxylic acids is 1. The highest BCUT2D eigenvalue weighted by Crippen LogP contribution is 2.25. The molecular formula is C16H12BrClO2. The molecule has 0 heterocycles. The average molecular weight is 352 g/mol. The second-order valence-electron chi connectivity index (χ2n) is 4.24. The molecule has 0 aliphatic heterocycles. The number of hydrogen-bond acceptors (Lipinski definition) is 2. The van der Waals surface area contributed by atoms with Crippen LogP contribution in [0, 0.1) is 6.92 Å². The molecule has 0 N–H and O–H groups in total. The normalized spacial score (nSPS) is 10.8. The number of rotatable bonds is 3. The molecule has 2 rings (SSSR count). The Morgan fingerprint density at radius 2 is 2.05 bits per heavy atom. The summed E-state index contributed by atoms with van der Waals surface area (Å²) in [7, 11) is 0. The smallest absolute Gasteiger partial charge is 0.336 e. The first-order valence-corrected chi connectivity index (χ1v) is 7.13. The molecule has 0 saturated heterocycles. The highest BCUT2D eigenvalue weighted by atomic mass is 79.9. The van der Waals surface area contributed by atoms with Crippen LogP contribution in [-0.2, 0) is 4.79 Å². The zero-order valence-electron chi connectivity index (χ0n) is 10.8. The molecule has 2 aromatic rings. The molecule has 2 nitrogen and oxygen atoms in total. The molecule has 0 atom stereocenters. The van der Waals surface area contributed by atoms with Gasteiger partial charge in [0.2, 0.25) is 0 Å². The fraction of sp³-hybridized carbons (Fsp3) is 0.0625. The Balaban J connectivity index is 2.07. The molecule has 0 radical (unpaired) electrons. The van der Waals surface area contributed by atoms with E-state index in [1.165, 1.54) is 6.08 Å². The van der Waals surface area contributed by atoms with Crippen LogP contribution < -0.4 is 4.74 Å². The van der Waals surface area contributed by atoms with Crippen LogP contribution in [0.4, 0.5) is 0 Å². The summed E-state index contributed by atoms with van der Waals surface area (Å²) in [5.74, 6) is -0.0898. The summed E-state index contributed by atoms with van der Waals surface area (Å²) in [5, 5.41) is 0.416. The number of benzene rings is 2. The van der Waals surface area contributed by atoms with Crippen molar-refractivity contribution in [1.29, 1.82) is 0 Å². The Hall–Kier alpha value is -1.58. The Morgan fingerprint density at radius 3 is 2.80 bits per heavy atom. The highest BCUT2D eigenvalue weighted by Gasteiger charge is 2.05. The summed E-state index contributed by atoms with van der Waals surface area (Å²) in [4.78, 5) is 11.8. The van der Waals surface area contributed by atoms with Crippen molar-refractivity contribution in [2.75, 3.05) is 0 Å². The van der Waals surface area contributed by atoms with E-state index in [-0.39, 0.29) is 0 Å². The molecule has 0 aromatic heterocycles. The van der Waals surface area contributed by atoms with Crippen molar-refractivity contribution < 1.29 is 9.53 Å². The van der Waals surface area contributed by atoms with Crippen LogP contribution >= 0.6 is 27.5 Å². The van der Waals surface area contributed by atoms with Crippen LogP contribution in [0.15, 0.2) is 53.0 Å². The van der Waals surface area contributed by atoms with E-state index in [1.54, 1.807) is 18.2 Å². The molecule has 0 spiro atoms. The minimum absolute atomic E-state index is 0.371. The van der Waals surface area contributed by atoms with Gasteiger partial charge in [-0.2, -0.15) is 0 Å². The van der Waals surface area contributed by atoms with Gasteiger partial charge in [-0.3, -0.25) is 0 Å². The van der Waals surface area contributed by atoms with Crippen molar-refractivity contribution in [3.8, 4) is 5.75 Å². The van der Waals surface area contributed by atoms with Gasteiger partial charge in [0.25, 0.3) is 0 Å². The second kappa shape index (κ2) is 6.73. The zero-order chi connectivity index (χ0) is 14.5. The first-order chi connectivity index (χ1) is 9.54. The van der Waals surface area contributed by atoms with Gasteiger partial charge >= 0.3 is 5.97 Å². The predicted molar refractivity (Wildman–Crippen MR) is 85.0 cm³/mol. The molecular weight excluding hydrogens is 340 g/mol. The fourth-order valence-corrected chi connectivity index (χ4v) is 2.18. The maximum atomic E-state index is 11.8. The van der Waals surface area contributed by atoms with Gasteiger partial charge in [0.15, 0.2) is 0 Å². The average Bonchev–Trinajstić information content (AvgIpc) is 2.41. The van der Waals surface area contributed by atoms with Gasteiger partial charge in [-0.05, 0) is 48.4 Å². The van der Waals surface area contributed by atoms with Crippen molar-refractivity contribution in [2.24, 2.45) is 0 Å². The van der Waals surface area contributed by atoms with Crippen molar-refractivity contribution >= 4 is 39.6 Å². The summed E-state index contributed by atoms with van der Waals surface area (Å²) in [6, 6.07) is 12.9. The molecule has 0 amide bonds. The van der Waals surface area contributed by atoms with E-state index in [0.717, 1.165) is 15.6 Å². The Kier molecular flexibility index (Phi) is 4.99. The van der Waals surface area contributed by atoms with Crippen molar-refractivity contribution in [3.05, 3.63) is 69.2 Å². The van der Waals surface area contributed by atoms with Gasteiger partial charge in [-0.1, -0.05) is 45.7 Å². The summed E-state index contributed by atoms with van der Waals surface area (Å²) in [6.45, 7) is 1.91. The third kappa shape index (κ3) is 4.22. The number of hydrogen-bond donors (Lipinski definition) is 0. The number of halogens is 2. The SMILES string of the molecule is Cc1ccc(Cl)c(OC(=O)/C=C/c2cccc(Br)c2)c1. The lowest BCUT2D eigenvalue weighted by molar-refractivity contribution is -0.128. The summed E-state index contributed by atoms with van der Waals surface area (Å²) < 4.78 is 6.16. The number of carbonyl (C=O) groups is 1. The third-order valence-electron chi connectivity index (χ3n) is 2.56. The quantitative estimate of drug-likeness (QED) is 0.440. The van der Waals surface area contributed by atoms with Crippen LogP contribution in [0.2, 0.25) is 5.02 Å². The molecule has 0 aliphatic rings. The number of ether oxygens (including phenoxy) is 1. The molecule has 0 aliphatic carbocycles. The summed E-state index contributed by atoms with van der Waals surface area (Å²) >= 11 is 9.34. The van der Waals surface area contributed by atoms with E-state index < -0.39 is 5.97 Å². The zero-order valence-corrected chi connectivity index (χ0v) is 13.1. The first kappa shape index (κ1) is 14.8. The Labute approximate surface area is 131 Å². The lowest BCUT2D eigenvalue weighted by Gasteiger charge is -2.04. The second-order valence-corrected chi connectivity index (χ2v) is 5.57. The van der Waals surface area contributed by atoms with Gasteiger partial charge in [0, 0.05) is 10.5 Å². The van der Waals surface area contributed by atoms with E-state index in [0.29, 0.717) is 10.8 Å². The predicted octanol–water partition coefficient (Wildman–Crippen LogP) is 5.03. The minimum atomic E-state index is -0.461. The molecule has 0 bridgehead atoms. The van der Waals surface area contributed by atoms with E-state index >= 15 is 0 Å². The van der Waals surface area contributed by atoms with Gasteiger partial charge in [-0.15, -0.1) is 0 Å². The first-order valence-electron chi connectivity index (χ1n) is 5.96. The van der Waals surface area contributed by atoms with Crippen LogP contribution in [-0.4, -0.2) is 5.97 Å². The van der Waals surface area contributed by atoms with Crippen LogP contribution in [0.1, 0.15) is 11.1 Å². The minimum Gasteiger partial charge on any atom is -0.422 e. The largest absolute Gasteiger partial charge is 0.422 e. The van der Waals surface area contributed by atoms with Crippen LogP contribution in [0.3, 0.4) is 0 Å². The van der Waals surface area contributed by atoms with Crippen molar-refractivity contribution in [1.82, 2.24) is 0 Å². The van der Waals surface area contributed by atoms with E-state index in [2.05, 4.69) is 15.9 Å². The molecule has 0 saturated carbocycles. The van der Waals surface area contributed by atoms with E-state index in [9.17, 15) is 4.79 Å². The van der Waals surface area contributed by atoms with Crippen LogP contribution in [0.25, 0.3) is 6.08 Å². The highest BCUT2D eigenvalue weighted by molar-refractivity contribution is 9.10. The van der Waals surface area contributed by atoms with Gasteiger partial charge in [-0.25, -0.2) is 4.79 Å². The summed E-state index contributed by atoms with van der Waals surface area (Å²) in [5.41, 5.74) is 1.89. The van der Waals surface area contributed by atoms with Gasteiger partial charge in [0.1, 0.15) is 5.75 Å². The lowest BCUT2D eigenvalue weighted by Crippen LogP contribution is -2.04. The summed E-state index contributed by atoms with van der Waals surface area (Å²) in [6.07, 6.45) is 3.07. The molecule has 4 heteroatoms. The standard InChI is InChI=1S/C16H12BrClO2/c1-11-5-7-14(18)15(9-11)20-16(19)8-6-12-3-2-4-13(17)10-12/h2-10H,1H3/b8-6+. The maximum Gasteiger partial charge on any atom is 0.336 e. The Bertz CT molecular complexity index is 665. The molecule has 20 heavy (non-hydrogen) atoms. The molecule has 2 aromatic carbocycles. The van der Waals surface area contributed by atoms with Crippen LogP contribution in [0.5, 0.6) is 5.75 Å². The molecule has 102 valence electrons. The monoisotopic (exact) mass is 350 g/mol. The van der Waals surface area contributed by atoms with Gasteiger partial charge in [0.05, 0.1) is 5.02 Å². The molecule has 0 unspecified atom stereocenters. The number of aryl methyl sites for hydroxylation is 1. The maximum absolute atomic E-state index is 11.8. The number of esters is 1.